The zero-order chi connectivity index (χ0) is 39.5. The van der Waals surface area contributed by atoms with E-state index in [1.807, 2.05) is 11.3 Å². The summed E-state index contributed by atoms with van der Waals surface area (Å²) in [5.41, 5.74) is 19.1. The summed E-state index contributed by atoms with van der Waals surface area (Å²) >= 11 is 1.97. The number of nitrogens with zero attached hydrogens (tertiary/aromatic N) is 4. The second kappa shape index (κ2) is 13.3. The largest absolute Gasteiger partial charge is 0.334 e. The van der Waals surface area contributed by atoms with Crippen LogP contribution < -0.4 is 0 Å². The lowest BCUT2D eigenvalue weighted by molar-refractivity contribution is 0.407. The normalized spacial score (nSPS) is 17.9. The van der Waals surface area contributed by atoms with E-state index in [1.54, 1.807) is 0 Å². The van der Waals surface area contributed by atoms with Crippen LogP contribution in [0.15, 0.2) is 137 Å². The molecule has 60 heavy (non-hydrogen) atoms. The number of benzene rings is 5. The van der Waals surface area contributed by atoms with Crippen molar-refractivity contribution in [1.82, 2.24) is 14.0 Å². The van der Waals surface area contributed by atoms with Gasteiger partial charge in [0.25, 0.3) is 0 Å². The van der Waals surface area contributed by atoms with Gasteiger partial charge >= 0.3 is 0 Å². The smallest absolute Gasteiger partial charge is 0.211 e. The molecule has 5 aliphatic rings. The Balaban J connectivity index is 0.928. The van der Waals surface area contributed by atoms with Gasteiger partial charge in [-0.25, -0.2) is 4.99 Å². The van der Waals surface area contributed by atoms with Crippen LogP contribution >= 0.6 is 11.3 Å². The summed E-state index contributed by atoms with van der Waals surface area (Å²) in [6, 6.07) is 40.5. The van der Waals surface area contributed by atoms with Crippen LogP contribution in [0.2, 0.25) is 0 Å². The van der Waals surface area contributed by atoms with Crippen molar-refractivity contribution in [1.29, 1.82) is 0 Å². The zero-order valence-corrected chi connectivity index (χ0v) is 34.6. The number of thiophene rings is 1. The molecular weight excluding hydrogens is 749 g/mol. The van der Waals surface area contributed by atoms with E-state index in [1.165, 1.54) is 104 Å². The van der Waals surface area contributed by atoms with E-state index in [2.05, 4.69) is 167 Å². The summed E-state index contributed by atoms with van der Waals surface area (Å²) in [4.78, 5) is 9.46. The molecule has 0 saturated heterocycles. The highest BCUT2D eigenvalue weighted by molar-refractivity contribution is 7.20. The standard InChI is InChI=1S/C55H44N4S/c1-57-53(44-20-12-19-42-41-17-7-11-24-52(41)60-54(42)44)43-18-4-8-21-47(43)56-55(57)59-49-23-10-6-16-40(49)46-33-37(27-30-51(46)59)36-26-29-50-45(32-36)39-15-5-9-22-48(39)58(50)38-28-25-34-13-2-3-14-35(34)31-38/h2-6,8-9,11-16,18-22,24-25,28,31-33,53H,7,10,17,23,26-27,29-30H2,1H3. The summed E-state index contributed by atoms with van der Waals surface area (Å²) in [7, 11) is 2.28. The molecule has 0 radical (unpaired) electrons. The quantitative estimate of drug-likeness (QED) is 0.175. The van der Waals surface area contributed by atoms with Gasteiger partial charge in [-0.1, -0.05) is 103 Å². The minimum absolute atomic E-state index is 0.0577. The molecule has 4 nitrogen and oxygen atoms in total. The first-order valence-corrected chi connectivity index (χ1v) is 22.6. The lowest BCUT2D eigenvalue weighted by atomic mass is 9.84. The third-order valence-corrected chi connectivity index (χ3v) is 15.2. The minimum Gasteiger partial charge on any atom is -0.334 e. The van der Waals surface area contributed by atoms with Crippen molar-refractivity contribution in [3.8, 4) is 5.69 Å². The number of aromatic nitrogens is 2. The molecule has 0 N–H and O–H groups in total. The van der Waals surface area contributed by atoms with Crippen LogP contribution in [0, 0.1) is 0 Å². The third kappa shape index (κ3) is 5.05. The number of rotatable bonds is 3. The van der Waals surface area contributed by atoms with Crippen LogP contribution in [-0.4, -0.2) is 27.0 Å². The van der Waals surface area contributed by atoms with E-state index in [4.69, 9.17) is 4.99 Å². The second-order valence-electron chi connectivity index (χ2n) is 17.2. The highest BCUT2D eigenvalue weighted by Gasteiger charge is 2.36. The van der Waals surface area contributed by atoms with Gasteiger partial charge in [0.1, 0.15) is 0 Å². The lowest BCUT2D eigenvalue weighted by Crippen LogP contribution is -2.40. The molecular formula is C55H44N4S. The van der Waals surface area contributed by atoms with Crippen molar-refractivity contribution >= 4 is 79.0 Å². The molecule has 5 heteroatoms. The van der Waals surface area contributed by atoms with Crippen molar-refractivity contribution in [2.45, 2.75) is 57.4 Å². The van der Waals surface area contributed by atoms with Crippen LogP contribution in [0.4, 0.5) is 5.69 Å². The van der Waals surface area contributed by atoms with Crippen LogP contribution in [-0.2, 0) is 25.7 Å². The lowest BCUT2D eigenvalue weighted by Gasteiger charge is -2.37. The summed E-state index contributed by atoms with van der Waals surface area (Å²) in [6.45, 7) is 0. The van der Waals surface area contributed by atoms with E-state index in [-0.39, 0.29) is 6.04 Å². The molecule has 0 spiro atoms. The summed E-state index contributed by atoms with van der Waals surface area (Å²) in [5, 5.41) is 5.32. The topological polar surface area (TPSA) is 25.5 Å². The highest BCUT2D eigenvalue weighted by Crippen LogP contribution is 2.47. The van der Waals surface area contributed by atoms with Crippen molar-refractivity contribution in [2.24, 2.45) is 4.99 Å². The van der Waals surface area contributed by atoms with E-state index in [9.17, 15) is 0 Å². The second-order valence-corrected chi connectivity index (χ2v) is 18.2. The van der Waals surface area contributed by atoms with E-state index < -0.39 is 0 Å². The van der Waals surface area contributed by atoms with Gasteiger partial charge in [0.2, 0.25) is 5.96 Å². The van der Waals surface area contributed by atoms with Crippen molar-refractivity contribution in [3.05, 3.63) is 188 Å². The molecule has 290 valence electrons. The van der Waals surface area contributed by atoms with E-state index >= 15 is 0 Å². The molecule has 1 atom stereocenters. The van der Waals surface area contributed by atoms with Gasteiger partial charge in [-0.05, 0) is 132 Å². The number of fused-ring (bicyclic) bond motifs is 11. The molecule has 0 amide bonds. The maximum absolute atomic E-state index is 5.55. The van der Waals surface area contributed by atoms with Gasteiger partial charge in [0, 0.05) is 67.0 Å². The number of aliphatic imine (C=N–C) groups is 1. The van der Waals surface area contributed by atoms with E-state index in [0.29, 0.717) is 0 Å². The molecule has 4 heterocycles. The first-order valence-electron chi connectivity index (χ1n) is 21.8. The molecule has 8 aromatic rings. The Bertz CT molecular complexity index is 3300. The third-order valence-electron chi connectivity index (χ3n) is 14.0. The van der Waals surface area contributed by atoms with Gasteiger partial charge < -0.3 is 9.47 Å². The summed E-state index contributed by atoms with van der Waals surface area (Å²) in [6.07, 6.45) is 22.9. The molecule has 5 aromatic carbocycles. The average molecular weight is 793 g/mol. The highest BCUT2D eigenvalue weighted by atomic mass is 32.1. The van der Waals surface area contributed by atoms with Crippen LogP contribution in [0.3, 0.4) is 0 Å². The molecule has 4 aliphatic carbocycles. The zero-order valence-electron chi connectivity index (χ0n) is 33.8. The van der Waals surface area contributed by atoms with Crippen molar-refractivity contribution in [2.75, 3.05) is 7.05 Å². The summed E-state index contributed by atoms with van der Waals surface area (Å²) < 4.78 is 6.52. The number of para-hydroxylation sites is 2. The Morgan fingerprint density at radius 3 is 2.22 bits per heavy atom. The molecule has 0 bridgehead atoms. The Kier molecular flexibility index (Phi) is 7.63. The van der Waals surface area contributed by atoms with Gasteiger partial charge in [0.05, 0.1) is 17.2 Å². The number of allylic oxidation sites excluding steroid dienone is 4. The fourth-order valence-electron chi connectivity index (χ4n) is 11.2. The maximum Gasteiger partial charge on any atom is 0.211 e. The fraction of sp³-hybridized carbons (Fsp3) is 0.182. The van der Waals surface area contributed by atoms with Crippen LogP contribution in [0.1, 0.15) is 87.1 Å². The van der Waals surface area contributed by atoms with Crippen LogP contribution in [0.25, 0.3) is 61.8 Å². The predicted octanol–water partition coefficient (Wildman–Crippen LogP) is 13.6. The predicted molar refractivity (Wildman–Crippen MR) is 253 cm³/mol. The van der Waals surface area contributed by atoms with Gasteiger partial charge in [-0.2, -0.15) is 0 Å². The van der Waals surface area contributed by atoms with Crippen molar-refractivity contribution < 1.29 is 0 Å². The average Bonchev–Trinajstić information content (AvgIpc) is 3.96. The number of hydrogen-bond acceptors (Lipinski definition) is 3. The maximum atomic E-state index is 5.55. The first kappa shape index (κ1) is 34.4. The monoisotopic (exact) mass is 792 g/mol. The summed E-state index contributed by atoms with van der Waals surface area (Å²) in [5.74, 6) is 1.05. The molecule has 1 unspecified atom stereocenters. The molecule has 13 rings (SSSR count). The Hall–Kier alpha value is -6.43. The van der Waals surface area contributed by atoms with Gasteiger partial charge in [-0.15, -0.1) is 11.3 Å². The van der Waals surface area contributed by atoms with E-state index in [0.717, 1.165) is 63.0 Å². The van der Waals surface area contributed by atoms with Gasteiger partial charge in [-0.3, -0.25) is 4.57 Å². The Morgan fingerprint density at radius 2 is 1.30 bits per heavy atom. The molecule has 1 aliphatic heterocycles. The molecule has 0 fully saturated rings. The Morgan fingerprint density at radius 1 is 0.583 bits per heavy atom. The first-order chi connectivity index (χ1) is 29.7. The Labute approximate surface area is 354 Å². The van der Waals surface area contributed by atoms with Crippen molar-refractivity contribution in [3.63, 3.8) is 0 Å². The van der Waals surface area contributed by atoms with Gasteiger partial charge in [0.15, 0.2) is 0 Å². The SMILES string of the molecule is CN1C(n2c3c(c4c2CCC(C2=Cc5c(n(-c6ccc7ccccc7c6)c6ccccc56)CC2)=C4)C=CCC3)=Nc2ccccc2C1c1cccc2c3c(sc12)C=CCC3. The fourth-order valence-corrected chi connectivity index (χ4v) is 12.5. The molecule has 0 saturated carbocycles. The number of hydrogen-bond donors (Lipinski definition) is 0. The molecule has 3 aromatic heterocycles. The number of aryl methyl sites for hydroxylation is 1. The minimum atomic E-state index is 0.0577. The van der Waals surface area contributed by atoms with Crippen LogP contribution in [0.5, 0.6) is 0 Å².